The molecule has 0 bridgehead atoms. The lowest BCUT2D eigenvalue weighted by Gasteiger charge is -2.30. The van der Waals surface area contributed by atoms with Crippen LogP contribution >= 0.6 is 0 Å². The normalized spacial score (nSPS) is 23.7. The number of halogens is 2. The fourth-order valence-corrected chi connectivity index (χ4v) is 2.11. The van der Waals surface area contributed by atoms with Gasteiger partial charge in [-0.05, 0) is 31.0 Å². The van der Waals surface area contributed by atoms with E-state index in [1.54, 1.807) is 0 Å². The SMILES string of the molecule is C[C@H]1CCNC[C@H]1NC(=O)c1cccc(F)c1F. The third kappa shape index (κ3) is 2.67. The molecule has 1 aromatic carbocycles. The van der Waals surface area contributed by atoms with Crippen LogP contribution in [0.2, 0.25) is 0 Å². The van der Waals surface area contributed by atoms with Gasteiger partial charge in [0.1, 0.15) is 0 Å². The molecular weight excluding hydrogens is 238 g/mol. The Hall–Kier alpha value is -1.49. The Balaban J connectivity index is 2.09. The van der Waals surface area contributed by atoms with Crippen LogP contribution in [0.15, 0.2) is 18.2 Å². The average molecular weight is 254 g/mol. The second kappa shape index (κ2) is 5.44. The van der Waals surface area contributed by atoms with Gasteiger partial charge in [0.25, 0.3) is 5.91 Å². The number of amides is 1. The number of carbonyl (C=O) groups is 1. The summed E-state index contributed by atoms with van der Waals surface area (Å²) in [6.07, 6.45) is 0.955. The highest BCUT2D eigenvalue weighted by Gasteiger charge is 2.24. The minimum Gasteiger partial charge on any atom is -0.348 e. The maximum absolute atomic E-state index is 13.5. The van der Waals surface area contributed by atoms with Gasteiger partial charge in [0, 0.05) is 12.6 Å². The van der Waals surface area contributed by atoms with E-state index in [9.17, 15) is 13.6 Å². The monoisotopic (exact) mass is 254 g/mol. The van der Waals surface area contributed by atoms with Gasteiger partial charge in [-0.2, -0.15) is 0 Å². The number of hydrogen-bond acceptors (Lipinski definition) is 2. The quantitative estimate of drug-likeness (QED) is 0.843. The zero-order valence-corrected chi connectivity index (χ0v) is 10.2. The summed E-state index contributed by atoms with van der Waals surface area (Å²) in [4.78, 5) is 11.9. The maximum Gasteiger partial charge on any atom is 0.254 e. The van der Waals surface area contributed by atoms with Crippen molar-refractivity contribution >= 4 is 5.91 Å². The minimum atomic E-state index is -1.09. The lowest BCUT2D eigenvalue weighted by molar-refractivity contribution is 0.0910. The highest BCUT2D eigenvalue weighted by Crippen LogP contribution is 2.14. The first-order valence-corrected chi connectivity index (χ1v) is 6.05. The smallest absolute Gasteiger partial charge is 0.254 e. The standard InChI is InChI=1S/C13H16F2N2O/c1-8-5-6-16-7-11(8)17-13(18)9-3-2-4-10(14)12(9)15/h2-4,8,11,16H,5-7H2,1H3,(H,17,18)/t8-,11+/m0/s1. The summed E-state index contributed by atoms with van der Waals surface area (Å²) in [5.74, 6) is -2.33. The molecule has 0 spiro atoms. The Morgan fingerprint density at radius 1 is 1.44 bits per heavy atom. The lowest BCUT2D eigenvalue weighted by atomic mass is 9.94. The van der Waals surface area contributed by atoms with Gasteiger partial charge in [0.05, 0.1) is 5.56 Å². The molecule has 1 aliphatic heterocycles. The van der Waals surface area contributed by atoms with Crippen LogP contribution in [-0.2, 0) is 0 Å². The highest BCUT2D eigenvalue weighted by molar-refractivity contribution is 5.94. The number of piperidine rings is 1. The molecule has 3 nitrogen and oxygen atoms in total. The summed E-state index contributed by atoms with van der Waals surface area (Å²) in [5.41, 5.74) is -0.243. The molecule has 1 fully saturated rings. The van der Waals surface area contributed by atoms with Gasteiger partial charge in [0.15, 0.2) is 11.6 Å². The first-order chi connectivity index (χ1) is 8.59. The zero-order valence-electron chi connectivity index (χ0n) is 10.2. The molecule has 0 saturated carbocycles. The van der Waals surface area contributed by atoms with Crippen LogP contribution in [0, 0.1) is 17.6 Å². The fraction of sp³-hybridized carbons (Fsp3) is 0.462. The molecule has 1 aliphatic rings. The van der Waals surface area contributed by atoms with Crippen molar-refractivity contribution in [2.45, 2.75) is 19.4 Å². The second-order valence-corrected chi connectivity index (χ2v) is 4.65. The van der Waals surface area contributed by atoms with E-state index in [1.165, 1.54) is 12.1 Å². The van der Waals surface area contributed by atoms with Crippen LogP contribution in [0.3, 0.4) is 0 Å². The topological polar surface area (TPSA) is 41.1 Å². The summed E-state index contributed by atoms with van der Waals surface area (Å²) in [7, 11) is 0. The van der Waals surface area contributed by atoms with Crippen molar-refractivity contribution in [2.24, 2.45) is 5.92 Å². The van der Waals surface area contributed by atoms with Gasteiger partial charge in [-0.1, -0.05) is 13.0 Å². The predicted octanol–water partition coefficient (Wildman–Crippen LogP) is 1.69. The predicted molar refractivity (Wildman–Crippen MR) is 64.3 cm³/mol. The molecule has 1 amide bonds. The molecule has 0 radical (unpaired) electrons. The summed E-state index contributed by atoms with van der Waals surface area (Å²) >= 11 is 0. The molecule has 2 atom stereocenters. The van der Waals surface area contributed by atoms with Crippen molar-refractivity contribution in [2.75, 3.05) is 13.1 Å². The summed E-state index contributed by atoms with van der Waals surface area (Å²) < 4.78 is 26.5. The first-order valence-electron chi connectivity index (χ1n) is 6.05. The van der Waals surface area contributed by atoms with Gasteiger partial charge in [-0.25, -0.2) is 8.78 Å². The molecule has 18 heavy (non-hydrogen) atoms. The molecule has 0 unspecified atom stereocenters. The van der Waals surface area contributed by atoms with Crippen molar-refractivity contribution in [3.05, 3.63) is 35.4 Å². The van der Waals surface area contributed by atoms with E-state index in [-0.39, 0.29) is 11.6 Å². The van der Waals surface area contributed by atoms with Gasteiger partial charge in [0.2, 0.25) is 0 Å². The molecule has 1 heterocycles. The Morgan fingerprint density at radius 2 is 2.22 bits per heavy atom. The highest BCUT2D eigenvalue weighted by atomic mass is 19.2. The van der Waals surface area contributed by atoms with Crippen molar-refractivity contribution in [3.63, 3.8) is 0 Å². The molecule has 0 aromatic heterocycles. The van der Waals surface area contributed by atoms with Crippen LogP contribution in [0.1, 0.15) is 23.7 Å². The summed E-state index contributed by atoms with van der Waals surface area (Å²) in [5, 5.41) is 5.91. The van der Waals surface area contributed by atoms with Gasteiger partial charge in [-0.15, -0.1) is 0 Å². The van der Waals surface area contributed by atoms with Crippen LogP contribution in [0.5, 0.6) is 0 Å². The molecule has 2 N–H and O–H groups in total. The first kappa shape index (κ1) is 13.0. The Kier molecular flexibility index (Phi) is 3.91. The van der Waals surface area contributed by atoms with Crippen molar-refractivity contribution in [1.29, 1.82) is 0 Å². The van der Waals surface area contributed by atoms with Crippen LogP contribution < -0.4 is 10.6 Å². The number of carbonyl (C=O) groups excluding carboxylic acids is 1. The van der Waals surface area contributed by atoms with Crippen LogP contribution in [0.25, 0.3) is 0 Å². The third-order valence-electron chi connectivity index (χ3n) is 3.34. The third-order valence-corrected chi connectivity index (χ3v) is 3.34. The summed E-state index contributed by atoms with van der Waals surface area (Å²) in [6, 6.07) is 3.57. The second-order valence-electron chi connectivity index (χ2n) is 4.65. The van der Waals surface area contributed by atoms with E-state index in [0.717, 1.165) is 19.0 Å². The number of hydrogen-bond donors (Lipinski definition) is 2. The van der Waals surface area contributed by atoms with E-state index in [1.807, 2.05) is 6.92 Å². The summed E-state index contributed by atoms with van der Waals surface area (Å²) in [6.45, 7) is 3.61. The number of nitrogens with one attached hydrogen (secondary N) is 2. The fourth-order valence-electron chi connectivity index (χ4n) is 2.11. The Bertz CT molecular complexity index is 451. The molecule has 0 aliphatic carbocycles. The Morgan fingerprint density at radius 3 is 2.94 bits per heavy atom. The van der Waals surface area contributed by atoms with Crippen molar-refractivity contribution in [1.82, 2.24) is 10.6 Å². The molecule has 2 rings (SSSR count). The minimum absolute atomic E-state index is 0.0473. The lowest BCUT2D eigenvalue weighted by Crippen LogP contribution is -2.50. The molecule has 98 valence electrons. The molecular formula is C13H16F2N2O. The van der Waals surface area contributed by atoms with E-state index in [0.29, 0.717) is 12.5 Å². The van der Waals surface area contributed by atoms with Gasteiger partial charge in [-0.3, -0.25) is 4.79 Å². The van der Waals surface area contributed by atoms with Crippen LogP contribution in [0.4, 0.5) is 8.78 Å². The average Bonchev–Trinajstić information content (AvgIpc) is 2.35. The zero-order chi connectivity index (χ0) is 13.1. The molecule has 5 heteroatoms. The largest absolute Gasteiger partial charge is 0.348 e. The van der Waals surface area contributed by atoms with Crippen molar-refractivity contribution in [3.8, 4) is 0 Å². The van der Waals surface area contributed by atoms with E-state index < -0.39 is 17.5 Å². The number of benzene rings is 1. The van der Waals surface area contributed by atoms with Gasteiger partial charge < -0.3 is 10.6 Å². The van der Waals surface area contributed by atoms with E-state index >= 15 is 0 Å². The number of rotatable bonds is 2. The van der Waals surface area contributed by atoms with Crippen molar-refractivity contribution < 1.29 is 13.6 Å². The van der Waals surface area contributed by atoms with Gasteiger partial charge >= 0.3 is 0 Å². The molecule has 1 aromatic rings. The van der Waals surface area contributed by atoms with Crippen LogP contribution in [-0.4, -0.2) is 25.0 Å². The Labute approximate surface area is 105 Å². The maximum atomic E-state index is 13.5. The molecule has 1 saturated heterocycles. The van der Waals surface area contributed by atoms with E-state index in [4.69, 9.17) is 0 Å². The van der Waals surface area contributed by atoms with E-state index in [2.05, 4.69) is 10.6 Å².